The van der Waals surface area contributed by atoms with Crippen LogP contribution in [0.25, 0.3) is 0 Å². The molecule has 9 heteroatoms. The van der Waals surface area contributed by atoms with Crippen molar-refractivity contribution in [3.8, 4) is 0 Å². The Balaban J connectivity index is 2.65. The number of hydrogen-bond acceptors (Lipinski definition) is 8. The summed E-state index contributed by atoms with van der Waals surface area (Å²) in [5.41, 5.74) is -0.915. The first-order valence-electron chi connectivity index (χ1n) is 11.1. The Morgan fingerprint density at radius 2 is 1.39 bits per heavy atom. The van der Waals surface area contributed by atoms with Crippen molar-refractivity contribution in [1.29, 1.82) is 0 Å². The minimum Gasteiger partial charge on any atom is -0.463 e. The maximum atomic E-state index is 15.2. The lowest BCUT2D eigenvalue weighted by molar-refractivity contribution is -0.221. The van der Waals surface area contributed by atoms with E-state index in [0.717, 1.165) is 26.2 Å². The fraction of sp³-hybridized carbons (Fsp3) is 0.864. The minimum atomic E-state index is -1.68. The molecule has 0 radical (unpaired) electrons. The van der Waals surface area contributed by atoms with E-state index in [1.807, 2.05) is 0 Å². The maximum absolute atomic E-state index is 15.2. The molecule has 0 bridgehead atoms. The molecule has 0 N–H and O–H groups in total. The fourth-order valence-electron chi connectivity index (χ4n) is 3.43. The number of unbranched alkanes of at least 4 members (excludes halogenated alkanes) is 7. The largest absolute Gasteiger partial charge is 0.463 e. The normalized spacial score (nSPS) is 25.6. The number of thioether (sulfide) groups is 1. The first-order chi connectivity index (χ1) is 14.8. The SMILES string of the molecule is CCCCCCCCCCS[C@@H]1O[C@H](COC(C)=O)[C@@H](OC(C)=O)[C@H](OC(C)=O)[C@H]1F. The van der Waals surface area contributed by atoms with Gasteiger partial charge in [0.2, 0.25) is 0 Å². The summed E-state index contributed by atoms with van der Waals surface area (Å²) in [6.45, 7) is 5.53. The van der Waals surface area contributed by atoms with Crippen LogP contribution in [0.2, 0.25) is 0 Å². The average Bonchev–Trinajstić information content (AvgIpc) is 2.69. The summed E-state index contributed by atoms with van der Waals surface area (Å²) in [5.74, 6) is -1.22. The van der Waals surface area contributed by atoms with Crippen molar-refractivity contribution in [3.63, 3.8) is 0 Å². The van der Waals surface area contributed by atoms with Crippen LogP contribution < -0.4 is 0 Å². The van der Waals surface area contributed by atoms with E-state index in [1.54, 1.807) is 0 Å². The molecule has 7 nitrogen and oxygen atoms in total. The van der Waals surface area contributed by atoms with E-state index in [2.05, 4.69) is 6.92 Å². The van der Waals surface area contributed by atoms with Crippen LogP contribution in [0.3, 0.4) is 0 Å². The van der Waals surface area contributed by atoms with Crippen molar-refractivity contribution >= 4 is 29.7 Å². The predicted molar refractivity (Wildman–Crippen MR) is 116 cm³/mol. The van der Waals surface area contributed by atoms with E-state index in [4.69, 9.17) is 18.9 Å². The van der Waals surface area contributed by atoms with E-state index < -0.39 is 47.8 Å². The van der Waals surface area contributed by atoms with Crippen molar-refractivity contribution in [2.24, 2.45) is 0 Å². The number of alkyl halides is 1. The van der Waals surface area contributed by atoms with Gasteiger partial charge in [0, 0.05) is 20.8 Å². The Morgan fingerprint density at radius 3 is 1.94 bits per heavy atom. The molecule has 1 fully saturated rings. The Kier molecular flexibility index (Phi) is 13.8. The van der Waals surface area contributed by atoms with Gasteiger partial charge >= 0.3 is 17.9 Å². The van der Waals surface area contributed by atoms with Crippen LogP contribution in [0.15, 0.2) is 0 Å². The molecule has 0 unspecified atom stereocenters. The summed E-state index contributed by atoms with van der Waals surface area (Å²) < 4.78 is 36.3. The second-order valence-corrected chi connectivity index (χ2v) is 8.99. The van der Waals surface area contributed by atoms with E-state index in [0.29, 0.717) is 5.75 Å². The van der Waals surface area contributed by atoms with E-state index in [1.165, 1.54) is 57.7 Å². The Hall–Kier alpha value is -1.35. The number of carbonyl (C=O) groups excluding carboxylic acids is 3. The predicted octanol–water partition coefficient (Wildman–Crippen LogP) is 4.35. The molecule has 0 aromatic rings. The van der Waals surface area contributed by atoms with Gasteiger partial charge in [0.25, 0.3) is 0 Å². The summed E-state index contributed by atoms with van der Waals surface area (Å²) >= 11 is 1.30. The highest BCUT2D eigenvalue weighted by Gasteiger charge is 2.50. The smallest absolute Gasteiger partial charge is 0.303 e. The zero-order chi connectivity index (χ0) is 23.2. The van der Waals surface area contributed by atoms with Gasteiger partial charge in [0.15, 0.2) is 18.4 Å². The van der Waals surface area contributed by atoms with Gasteiger partial charge in [-0.25, -0.2) is 4.39 Å². The van der Waals surface area contributed by atoms with Gasteiger partial charge in [-0.15, -0.1) is 11.8 Å². The van der Waals surface area contributed by atoms with Crippen molar-refractivity contribution in [3.05, 3.63) is 0 Å². The molecule has 0 amide bonds. The molecular formula is C22H37FO7S. The van der Waals surface area contributed by atoms with Crippen molar-refractivity contribution < 1.29 is 37.7 Å². The van der Waals surface area contributed by atoms with Crippen LogP contribution in [0, 0.1) is 0 Å². The van der Waals surface area contributed by atoms with Crippen LogP contribution in [0.4, 0.5) is 4.39 Å². The molecule has 0 aliphatic carbocycles. The molecule has 5 atom stereocenters. The number of hydrogen-bond donors (Lipinski definition) is 0. The molecule has 0 aromatic carbocycles. The number of esters is 3. The molecular weight excluding hydrogens is 427 g/mol. The second kappa shape index (κ2) is 15.5. The van der Waals surface area contributed by atoms with Gasteiger partial charge in [-0.3, -0.25) is 14.4 Å². The average molecular weight is 465 g/mol. The number of rotatable bonds is 14. The Morgan fingerprint density at radius 1 is 0.839 bits per heavy atom. The first kappa shape index (κ1) is 27.7. The van der Waals surface area contributed by atoms with Crippen LogP contribution in [-0.4, -0.2) is 60.2 Å². The summed E-state index contributed by atoms with van der Waals surface area (Å²) in [5, 5.41) is 0. The third-order valence-electron chi connectivity index (χ3n) is 4.91. The molecule has 180 valence electrons. The highest BCUT2D eigenvalue weighted by Crippen LogP contribution is 2.34. The Bertz CT molecular complexity index is 560. The number of carbonyl (C=O) groups is 3. The van der Waals surface area contributed by atoms with Crippen LogP contribution in [0.1, 0.15) is 79.1 Å². The van der Waals surface area contributed by atoms with E-state index >= 15 is 4.39 Å². The molecule has 1 aliphatic rings. The molecule has 1 heterocycles. The lowest BCUT2D eigenvalue weighted by atomic mass is 10.0. The molecule has 0 spiro atoms. The zero-order valence-corrected chi connectivity index (χ0v) is 19.9. The summed E-state index contributed by atoms with van der Waals surface area (Å²) in [6.07, 6.45) is 4.23. The highest BCUT2D eigenvalue weighted by molar-refractivity contribution is 7.99. The van der Waals surface area contributed by atoms with Gasteiger partial charge in [-0.05, 0) is 12.2 Å². The van der Waals surface area contributed by atoms with Crippen LogP contribution in [-0.2, 0) is 33.3 Å². The number of ether oxygens (including phenoxy) is 4. The van der Waals surface area contributed by atoms with E-state index in [-0.39, 0.29) is 6.61 Å². The van der Waals surface area contributed by atoms with Gasteiger partial charge < -0.3 is 18.9 Å². The van der Waals surface area contributed by atoms with E-state index in [9.17, 15) is 14.4 Å². The highest BCUT2D eigenvalue weighted by atomic mass is 32.2. The molecule has 1 saturated heterocycles. The minimum absolute atomic E-state index is 0.230. The van der Waals surface area contributed by atoms with Crippen molar-refractivity contribution in [2.45, 2.75) is 109 Å². The van der Waals surface area contributed by atoms with Gasteiger partial charge in [0.05, 0.1) is 0 Å². The van der Waals surface area contributed by atoms with Crippen LogP contribution in [0.5, 0.6) is 0 Å². The van der Waals surface area contributed by atoms with Crippen LogP contribution >= 0.6 is 11.8 Å². The monoisotopic (exact) mass is 464 g/mol. The first-order valence-corrected chi connectivity index (χ1v) is 12.2. The zero-order valence-electron chi connectivity index (χ0n) is 19.1. The van der Waals surface area contributed by atoms with Gasteiger partial charge in [0.1, 0.15) is 18.1 Å². The number of halogens is 1. The van der Waals surface area contributed by atoms with Crippen molar-refractivity contribution in [1.82, 2.24) is 0 Å². The summed E-state index contributed by atoms with van der Waals surface area (Å²) in [6, 6.07) is 0. The fourth-order valence-corrected chi connectivity index (χ4v) is 4.59. The molecule has 1 rings (SSSR count). The summed E-state index contributed by atoms with van der Waals surface area (Å²) in [4.78, 5) is 34.3. The lowest BCUT2D eigenvalue weighted by Crippen LogP contribution is -2.59. The van der Waals surface area contributed by atoms with Gasteiger partial charge in [-0.1, -0.05) is 51.9 Å². The third-order valence-corrected chi connectivity index (χ3v) is 6.13. The third kappa shape index (κ3) is 11.2. The topological polar surface area (TPSA) is 88.1 Å². The summed E-state index contributed by atoms with van der Waals surface area (Å²) in [7, 11) is 0. The molecule has 0 saturated carbocycles. The van der Waals surface area contributed by atoms with Crippen molar-refractivity contribution in [2.75, 3.05) is 12.4 Å². The standard InChI is InChI=1S/C22H37FO7S/c1-5-6-7-8-9-10-11-12-13-31-22-19(23)21(29-17(4)26)20(28-16(3)25)18(30-22)14-27-15(2)24/h18-22H,5-14H2,1-4H3/t18-,19-,20-,21-,22+/m1/s1. The maximum Gasteiger partial charge on any atom is 0.303 e. The Labute approximate surface area is 189 Å². The quantitative estimate of drug-likeness (QED) is 0.213. The lowest BCUT2D eigenvalue weighted by Gasteiger charge is -2.42. The molecule has 0 aromatic heterocycles. The second-order valence-electron chi connectivity index (χ2n) is 7.78. The van der Waals surface area contributed by atoms with Gasteiger partial charge in [-0.2, -0.15) is 0 Å². The molecule has 1 aliphatic heterocycles. The molecule has 31 heavy (non-hydrogen) atoms.